The molecule has 0 amide bonds. The normalized spacial score (nSPS) is 16.0. The van der Waals surface area contributed by atoms with Gasteiger partial charge in [-0.05, 0) is 19.4 Å². The molecule has 0 aromatic heterocycles. The van der Waals surface area contributed by atoms with Gasteiger partial charge in [-0.15, -0.1) is 0 Å². The summed E-state index contributed by atoms with van der Waals surface area (Å²) in [4.78, 5) is 10.7. The fourth-order valence-corrected chi connectivity index (χ4v) is 1.96. The van der Waals surface area contributed by atoms with Gasteiger partial charge in [0.2, 0.25) is 0 Å². The van der Waals surface area contributed by atoms with E-state index in [2.05, 4.69) is 6.58 Å². The van der Waals surface area contributed by atoms with Crippen LogP contribution in [0.3, 0.4) is 0 Å². The summed E-state index contributed by atoms with van der Waals surface area (Å²) < 4.78 is 31.9. The van der Waals surface area contributed by atoms with Crippen LogP contribution in [0.4, 0.5) is 0 Å². The van der Waals surface area contributed by atoms with Crippen LogP contribution in [0.2, 0.25) is 0 Å². The molecule has 0 fully saturated rings. The summed E-state index contributed by atoms with van der Waals surface area (Å²) in [5.41, 5.74) is 1.66. The predicted molar refractivity (Wildman–Crippen MR) is 54.9 cm³/mol. The molecule has 0 atom stereocenters. The summed E-state index contributed by atoms with van der Waals surface area (Å²) in [5.74, 6) is -0.635. The number of carbonyl (C=O) groups is 1. The number of carbonyl (C=O) groups excluding carboxylic acids is 1. The summed E-state index contributed by atoms with van der Waals surface area (Å²) in [5, 5.41) is 0. The number of allylic oxidation sites excluding steroid dienone is 5. The van der Waals surface area contributed by atoms with Crippen molar-refractivity contribution in [2.24, 2.45) is 0 Å². The summed E-state index contributed by atoms with van der Waals surface area (Å²) in [6, 6.07) is 0. The van der Waals surface area contributed by atoms with Gasteiger partial charge in [0.25, 0.3) is 0 Å². The van der Waals surface area contributed by atoms with Crippen LogP contribution in [0.1, 0.15) is 19.8 Å². The Labute approximate surface area is 117 Å². The minimum Gasteiger partial charge on any atom is -0.744 e. The standard InChI is InChI=1S/C10H12O4S.Na/c1-7(2)5-8-3-4-10(9(11)6-8)15(12,13)14;/h3-4H,1,5-6H2,2H3,(H,12,13,14);/q;+1/p-1. The second-order valence-electron chi connectivity index (χ2n) is 3.54. The first-order valence-corrected chi connectivity index (χ1v) is 5.74. The van der Waals surface area contributed by atoms with Crippen LogP contribution in [-0.4, -0.2) is 18.8 Å². The van der Waals surface area contributed by atoms with Crippen LogP contribution < -0.4 is 29.6 Å². The second kappa shape index (κ2) is 5.93. The summed E-state index contributed by atoms with van der Waals surface area (Å²) in [6.07, 6.45) is 3.11. The number of Topliss-reactive ketones (excluding diaryl/α,β-unsaturated/α-hetero) is 1. The fraction of sp³-hybridized carbons (Fsp3) is 0.300. The first-order chi connectivity index (χ1) is 6.80. The van der Waals surface area contributed by atoms with Crippen molar-refractivity contribution in [3.05, 3.63) is 34.8 Å². The number of hydrogen-bond acceptors (Lipinski definition) is 4. The Bertz CT molecular complexity index is 471. The summed E-state index contributed by atoms with van der Waals surface area (Å²) in [7, 11) is -4.63. The van der Waals surface area contributed by atoms with Crippen molar-refractivity contribution in [2.75, 3.05) is 0 Å². The molecule has 0 saturated heterocycles. The average molecular weight is 250 g/mol. The maximum atomic E-state index is 11.3. The Morgan fingerprint density at radius 1 is 1.50 bits per heavy atom. The molecule has 0 spiro atoms. The molecule has 0 bridgehead atoms. The molecule has 0 aromatic carbocycles. The smallest absolute Gasteiger partial charge is 0.744 e. The zero-order valence-corrected chi connectivity index (χ0v) is 12.1. The molecule has 16 heavy (non-hydrogen) atoms. The van der Waals surface area contributed by atoms with Crippen molar-refractivity contribution in [3.63, 3.8) is 0 Å². The fourth-order valence-electron chi connectivity index (χ4n) is 1.37. The summed E-state index contributed by atoms with van der Waals surface area (Å²) in [6.45, 7) is 5.50. The molecular weight excluding hydrogens is 239 g/mol. The van der Waals surface area contributed by atoms with E-state index >= 15 is 0 Å². The van der Waals surface area contributed by atoms with Crippen molar-refractivity contribution in [3.8, 4) is 0 Å². The Morgan fingerprint density at radius 2 is 2.06 bits per heavy atom. The minimum absolute atomic E-state index is 0. The van der Waals surface area contributed by atoms with E-state index in [9.17, 15) is 17.8 Å². The van der Waals surface area contributed by atoms with Gasteiger partial charge in [0.05, 0.1) is 4.91 Å². The van der Waals surface area contributed by atoms with E-state index in [1.54, 1.807) is 0 Å². The van der Waals surface area contributed by atoms with E-state index < -0.39 is 20.8 Å². The average Bonchev–Trinajstić information content (AvgIpc) is 1.99. The van der Waals surface area contributed by atoms with Crippen LogP contribution >= 0.6 is 0 Å². The first-order valence-electron chi connectivity index (χ1n) is 4.34. The van der Waals surface area contributed by atoms with Gasteiger partial charge in [0.15, 0.2) is 5.78 Å². The van der Waals surface area contributed by atoms with Gasteiger partial charge in [-0.1, -0.05) is 23.8 Å². The van der Waals surface area contributed by atoms with Gasteiger partial charge in [-0.25, -0.2) is 8.42 Å². The monoisotopic (exact) mass is 250 g/mol. The molecular formula is C10H11NaO4S. The third kappa shape index (κ3) is 4.35. The molecule has 0 aromatic rings. The van der Waals surface area contributed by atoms with Gasteiger partial charge in [-0.2, -0.15) is 0 Å². The van der Waals surface area contributed by atoms with Crippen molar-refractivity contribution < 1.29 is 47.3 Å². The third-order valence-electron chi connectivity index (χ3n) is 1.93. The SMILES string of the molecule is C=C(C)CC1=CC=C(S(=O)(=O)[O-])C(=O)C1.[Na+]. The molecule has 0 radical (unpaired) electrons. The molecule has 0 heterocycles. The van der Waals surface area contributed by atoms with Crippen molar-refractivity contribution in [1.82, 2.24) is 0 Å². The largest absolute Gasteiger partial charge is 1.00 e. The van der Waals surface area contributed by atoms with E-state index in [1.165, 1.54) is 6.08 Å². The van der Waals surface area contributed by atoms with Gasteiger partial charge in [-0.3, -0.25) is 4.79 Å². The quantitative estimate of drug-likeness (QED) is 0.339. The Morgan fingerprint density at radius 3 is 2.44 bits per heavy atom. The van der Waals surface area contributed by atoms with Crippen LogP contribution in [0.15, 0.2) is 34.8 Å². The van der Waals surface area contributed by atoms with E-state index in [0.717, 1.165) is 17.2 Å². The van der Waals surface area contributed by atoms with E-state index in [0.29, 0.717) is 6.42 Å². The molecule has 82 valence electrons. The molecule has 1 rings (SSSR count). The first kappa shape index (κ1) is 15.8. The van der Waals surface area contributed by atoms with Crippen LogP contribution in [0.25, 0.3) is 0 Å². The zero-order valence-electron chi connectivity index (χ0n) is 9.32. The molecule has 6 heteroatoms. The zero-order chi connectivity index (χ0) is 11.6. The minimum atomic E-state index is -4.63. The molecule has 1 aliphatic rings. The Hall–Kier alpha value is -0.200. The molecule has 0 saturated carbocycles. The van der Waals surface area contributed by atoms with E-state index in [1.807, 2.05) is 6.92 Å². The Kier molecular flexibility index (Phi) is 5.86. The van der Waals surface area contributed by atoms with E-state index in [-0.39, 0.29) is 36.0 Å². The van der Waals surface area contributed by atoms with Gasteiger partial charge >= 0.3 is 29.6 Å². The maximum Gasteiger partial charge on any atom is 1.00 e. The van der Waals surface area contributed by atoms with E-state index in [4.69, 9.17) is 0 Å². The van der Waals surface area contributed by atoms with Crippen LogP contribution in [0.5, 0.6) is 0 Å². The van der Waals surface area contributed by atoms with Crippen molar-refractivity contribution >= 4 is 15.9 Å². The molecule has 0 aliphatic heterocycles. The number of hydrogen-bond donors (Lipinski definition) is 0. The maximum absolute atomic E-state index is 11.3. The van der Waals surface area contributed by atoms with Crippen LogP contribution in [0, 0.1) is 0 Å². The molecule has 1 aliphatic carbocycles. The second-order valence-corrected chi connectivity index (χ2v) is 4.89. The van der Waals surface area contributed by atoms with Gasteiger partial charge in [0, 0.05) is 6.42 Å². The van der Waals surface area contributed by atoms with Gasteiger partial charge < -0.3 is 4.55 Å². The van der Waals surface area contributed by atoms with Crippen molar-refractivity contribution in [2.45, 2.75) is 19.8 Å². The van der Waals surface area contributed by atoms with Crippen molar-refractivity contribution in [1.29, 1.82) is 0 Å². The molecule has 4 nitrogen and oxygen atoms in total. The predicted octanol–water partition coefficient (Wildman–Crippen LogP) is -1.72. The Balaban J connectivity index is 0.00000225. The number of rotatable bonds is 3. The van der Waals surface area contributed by atoms with Gasteiger partial charge in [0.1, 0.15) is 10.1 Å². The summed E-state index contributed by atoms with van der Waals surface area (Å²) >= 11 is 0. The topological polar surface area (TPSA) is 74.3 Å². The third-order valence-corrected chi connectivity index (χ3v) is 2.83. The van der Waals surface area contributed by atoms with Crippen LogP contribution in [-0.2, 0) is 14.9 Å². The number of ketones is 1. The molecule has 0 unspecified atom stereocenters. The molecule has 0 N–H and O–H groups in total.